The minimum Gasteiger partial charge on any atom is -0.274 e. The van der Waals surface area contributed by atoms with E-state index in [4.69, 9.17) is 15.0 Å². The summed E-state index contributed by atoms with van der Waals surface area (Å²) in [6.45, 7) is 4.33. The lowest BCUT2D eigenvalue weighted by Crippen LogP contribution is -2.30. The molecule has 1 aromatic heterocycles. The largest absolute Gasteiger partial charge is 0.274 e. The number of nitrogens with zero attached hydrogens (tertiary/aromatic N) is 3. The predicted octanol–water partition coefficient (Wildman–Crippen LogP) is 4.52. The monoisotopic (exact) mass is 333 g/mol. The van der Waals surface area contributed by atoms with Crippen molar-refractivity contribution < 1.29 is 0 Å². The number of benzene rings is 2. The van der Waals surface area contributed by atoms with Crippen LogP contribution < -0.4 is 0 Å². The van der Waals surface area contributed by atoms with Crippen molar-refractivity contribution in [2.75, 3.05) is 6.26 Å². The fourth-order valence-electron chi connectivity index (χ4n) is 3.25. The third-order valence-electron chi connectivity index (χ3n) is 4.28. The summed E-state index contributed by atoms with van der Waals surface area (Å²) >= 11 is 1.65. The maximum Gasteiger partial charge on any atom is 0.180 e. The van der Waals surface area contributed by atoms with Crippen molar-refractivity contribution in [3.63, 3.8) is 0 Å². The van der Waals surface area contributed by atoms with E-state index in [1.54, 1.807) is 11.8 Å². The summed E-state index contributed by atoms with van der Waals surface area (Å²) in [4.78, 5) is 14.6. The average Bonchev–Trinajstić information content (AvgIpc) is 2.59. The summed E-state index contributed by atoms with van der Waals surface area (Å²) in [5, 5.41) is 2.09. The Kier molecular flexibility index (Phi) is 3.65. The van der Waals surface area contributed by atoms with Gasteiger partial charge >= 0.3 is 0 Å². The van der Waals surface area contributed by atoms with Gasteiger partial charge in [-0.3, -0.25) is 4.99 Å². The molecule has 2 aromatic carbocycles. The van der Waals surface area contributed by atoms with E-state index < -0.39 is 0 Å². The minimum absolute atomic E-state index is 0.141. The van der Waals surface area contributed by atoms with Gasteiger partial charge in [0.2, 0.25) is 0 Å². The third kappa shape index (κ3) is 2.61. The molecule has 0 saturated carbocycles. The van der Waals surface area contributed by atoms with Crippen molar-refractivity contribution in [1.82, 2.24) is 9.97 Å². The molecule has 120 valence electrons. The van der Waals surface area contributed by atoms with Gasteiger partial charge in [-0.1, -0.05) is 42.5 Å². The number of rotatable bonds is 2. The Balaban J connectivity index is 1.98. The van der Waals surface area contributed by atoms with Crippen LogP contribution in [-0.2, 0) is 6.42 Å². The number of aliphatic imine (C=N–C) groups is 1. The van der Waals surface area contributed by atoms with Crippen LogP contribution in [0.1, 0.15) is 30.8 Å². The van der Waals surface area contributed by atoms with Crippen LogP contribution >= 0.6 is 11.8 Å². The molecule has 0 bridgehead atoms. The fraction of sp³-hybridized carbons (Fsp3) is 0.250. The molecule has 3 aromatic rings. The summed E-state index contributed by atoms with van der Waals surface area (Å²) < 4.78 is 0. The highest BCUT2D eigenvalue weighted by Gasteiger charge is 2.28. The minimum atomic E-state index is -0.141. The molecule has 0 amide bonds. The molecular formula is C20H19N3S. The van der Waals surface area contributed by atoms with Gasteiger partial charge in [0.15, 0.2) is 5.82 Å². The van der Waals surface area contributed by atoms with Crippen molar-refractivity contribution in [2.24, 2.45) is 4.99 Å². The second-order valence-electron chi connectivity index (χ2n) is 6.68. The van der Waals surface area contributed by atoms with E-state index in [1.807, 2.05) is 18.2 Å². The lowest BCUT2D eigenvalue weighted by Gasteiger charge is -2.28. The van der Waals surface area contributed by atoms with Crippen LogP contribution in [0.4, 0.5) is 0 Å². The molecule has 0 atom stereocenters. The fourth-order valence-corrected chi connectivity index (χ4v) is 3.82. The van der Waals surface area contributed by atoms with E-state index in [-0.39, 0.29) is 5.54 Å². The van der Waals surface area contributed by atoms with Crippen LogP contribution in [0.5, 0.6) is 0 Å². The van der Waals surface area contributed by atoms with Crippen molar-refractivity contribution in [3.8, 4) is 0 Å². The van der Waals surface area contributed by atoms with Gasteiger partial charge in [-0.15, -0.1) is 11.8 Å². The maximum atomic E-state index is 4.99. The van der Waals surface area contributed by atoms with E-state index in [2.05, 4.69) is 50.4 Å². The van der Waals surface area contributed by atoms with Crippen LogP contribution in [0, 0.1) is 0 Å². The van der Waals surface area contributed by atoms with Crippen molar-refractivity contribution in [3.05, 3.63) is 65.5 Å². The SMILES string of the molecule is CSc1nc(C2=NC(C)(C)Cc3ccccc32)nc2ccccc12. The van der Waals surface area contributed by atoms with Gasteiger partial charge in [-0.05, 0) is 38.2 Å². The van der Waals surface area contributed by atoms with Gasteiger partial charge in [0.05, 0.1) is 11.1 Å². The summed E-state index contributed by atoms with van der Waals surface area (Å²) in [5.41, 5.74) is 4.20. The van der Waals surface area contributed by atoms with E-state index in [9.17, 15) is 0 Å². The summed E-state index contributed by atoms with van der Waals surface area (Å²) in [5.74, 6) is 0.721. The molecule has 0 N–H and O–H groups in total. The number of fused-ring (bicyclic) bond motifs is 2. The Morgan fingerprint density at radius 3 is 2.54 bits per heavy atom. The zero-order chi connectivity index (χ0) is 16.7. The second-order valence-corrected chi connectivity index (χ2v) is 7.48. The van der Waals surface area contributed by atoms with Crippen molar-refractivity contribution in [2.45, 2.75) is 30.8 Å². The highest BCUT2D eigenvalue weighted by molar-refractivity contribution is 7.98. The van der Waals surface area contributed by atoms with Crippen molar-refractivity contribution >= 4 is 28.4 Å². The molecule has 0 radical (unpaired) electrons. The number of thioether (sulfide) groups is 1. The van der Waals surface area contributed by atoms with Gasteiger partial charge in [0.25, 0.3) is 0 Å². The first-order valence-corrected chi connectivity index (χ1v) is 9.29. The Morgan fingerprint density at radius 1 is 0.958 bits per heavy atom. The molecule has 3 nitrogen and oxygen atoms in total. The highest BCUT2D eigenvalue weighted by atomic mass is 32.2. The lowest BCUT2D eigenvalue weighted by molar-refractivity contribution is 0.513. The number of hydrogen-bond acceptors (Lipinski definition) is 4. The number of hydrogen-bond donors (Lipinski definition) is 0. The van der Waals surface area contributed by atoms with E-state index in [0.717, 1.165) is 39.4 Å². The Bertz CT molecular complexity index is 960. The summed E-state index contributed by atoms with van der Waals surface area (Å²) in [6.07, 6.45) is 2.99. The molecular weight excluding hydrogens is 314 g/mol. The summed E-state index contributed by atoms with van der Waals surface area (Å²) in [7, 11) is 0. The molecule has 0 unspecified atom stereocenters. The molecule has 0 fully saturated rings. The van der Waals surface area contributed by atoms with E-state index in [1.165, 1.54) is 5.56 Å². The zero-order valence-corrected chi connectivity index (χ0v) is 14.9. The van der Waals surface area contributed by atoms with Crippen LogP contribution in [0.15, 0.2) is 58.5 Å². The maximum absolute atomic E-state index is 4.99. The Labute approximate surface area is 146 Å². The van der Waals surface area contributed by atoms with Crippen LogP contribution in [-0.4, -0.2) is 27.5 Å². The zero-order valence-electron chi connectivity index (χ0n) is 14.1. The number of para-hydroxylation sites is 1. The lowest BCUT2D eigenvalue weighted by atomic mass is 9.86. The topological polar surface area (TPSA) is 38.1 Å². The Morgan fingerprint density at radius 2 is 1.71 bits per heavy atom. The molecule has 0 spiro atoms. The molecule has 0 aliphatic carbocycles. The molecule has 0 saturated heterocycles. The van der Waals surface area contributed by atoms with Crippen LogP contribution in [0.3, 0.4) is 0 Å². The first kappa shape index (κ1) is 15.3. The first-order chi connectivity index (χ1) is 11.6. The van der Waals surface area contributed by atoms with E-state index >= 15 is 0 Å². The van der Waals surface area contributed by atoms with Gasteiger partial charge < -0.3 is 0 Å². The molecule has 24 heavy (non-hydrogen) atoms. The molecule has 2 heterocycles. The van der Waals surface area contributed by atoms with Gasteiger partial charge in [-0.2, -0.15) is 0 Å². The average molecular weight is 333 g/mol. The smallest absolute Gasteiger partial charge is 0.180 e. The van der Waals surface area contributed by atoms with Crippen molar-refractivity contribution in [1.29, 1.82) is 0 Å². The normalized spacial score (nSPS) is 15.9. The molecule has 4 rings (SSSR count). The quantitative estimate of drug-likeness (QED) is 0.511. The van der Waals surface area contributed by atoms with Crippen LogP contribution in [0.2, 0.25) is 0 Å². The van der Waals surface area contributed by atoms with Crippen LogP contribution in [0.25, 0.3) is 10.9 Å². The standard InChI is InChI=1S/C20H19N3S/c1-20(2)12-13-8-4-5-9-14(13)17(23-20)18-21-16-11-7-6-10-15(16)19(22-18)24-3/h4-11H,12H2,1-3H3. The Hall–Kier alpha value is -2.20. The summed E-state index contributed by atoms with van der Waals surface area (Å²) in [6, 6.07) is 16.6. The van der Waals surface area contributed by atoms with Gasteiger partial charge in [-0.25, -0.2) is 9.97 Å². The van der Waals surface area contributed by atoms with E-state index in [0.29, 0.717) is 0 Å². The first-order valence-electron chi connectivity index (χ1n) is 8.07. The molecule has 1 aliphatic rings. The third-order valence-corrected chi connectivity index (χ3v) is 4.98. The van der Waals surface area contributed by atoms with Gasteiger partial charge in [0.1, 0.15) is 10.7 Å². The second kappa shape index (κ2) is 5.71. The highest BCUT2D eigenvalue weighted by Crippen LogP contribution is 2.30. The predicted molar refractivity (Wildman–Crippen MR) is 101 cm³/mol. The molecule has 1 aliphatic heterocycles. The molecule has 4 heteroatoms. The number of aromatic nitrogens is 2. The van der Waals surface area contributed by atoms with Gasteiger partial charge in [0, 0.05) is 10.9 Å².